The number of nitrogens with zero attached hydrogens (tertiary/aromatic N) is 2. The molecule has 0 bridgehead atoms. The van der Waals surface area contributed by atoms with E-state index in [1.807, 2.05) is 28.0 Å². The van der Waals surface area contributed by atoms with Gasteiger partial charge in [0.2, 0.25) is 11.8 Å². The van der Waals surface area contributed by atoms with Crippen molar-refractivity contribution < 1.29 is 9.59 Å². The predicted molar refractivity (Wildman–Crippen MR) is 107 cm³/mol. The van der Waals surface area contributed by atoms with Gasteiger partial charge in [0.25, 0.3) is 0 Å². The number of amides is 2. The zero-order chi connectivity index (χ0) is 18.1. The van der Waals surface area contributed by atoms with Gasteiger partial charge in [-0.1, -0.05) is 30.3 Å². The number of carbonyl (C=O) groups excluding carboxylic acids is 2. The van der Waals surface area contributed by atoms with Crippen molar-refractivity contribution >= 4 is 24.2 Å². The molecule has 0 aliphatic carbocycles. The van der Waals surface area contributed by atoms with Crippen LogP contribution in [-0.2, 0) is 16.0 Å². The van der Waals surface area contributed by atoms with Crippen molar-refractivity contribution in [2.45, 2.75) is 39.0 Å². The van der Waals surface area contributed by atoms with E-state index in [2.05, 4.69) is 12.1 Å². The molecule has 146 valence electrons. The van der Waals surface area contributed by atoms with Crippen LogP contribution in [0, 0.1) is 5.92 Å². The fourth-order valence-corrected chi connectivity index (χ4v) is 3.45. The zero-order valence-electron chi connectivity index (χ0n) is 15.7. The maximum atomic E-state index is 12.6. The van der Waals surface area contributed by atoms with Crippen molar-refractivity contribution in [3.63, 3.8) is 0 Å². The molecule has 0 saturated carbocycles. The molecule has 1 heterocycles. The number of halogens is 1. The number of likely N-dealkylation sites (tertiary alicyclic amines) is 1. The summed E-state index contributed by atoms with van der Waals surface area (Å²) >= 11 is 0. The molecule has 1 aliphatic rings. The monoisotopic (exact) mass is 381 g/mol. The highest BCUT2D eigenvalue weighted by Crippen LogP contribution is 2.22. The fourth-order valence-electron chi connectivity index (χ4n) is 3.45. The molecule has 1 aliphatic heterocycles. The minimum Gasteiger partial charge on any atom is -0.343 e. The Labute approximate surface area is 163 Å². The Balaban J connectivity index is 0.00000338. The lowest BCUT2D eigenvalue weighted by Crippen LogP contribution is -2.38. The number of carbonyl (C=O) groups is 2. The first-order valence-electron chi connectivity index (χ1n) is 9.37. The van der Waals surface area contributed by atoms with Crippen molar-refractivity contribution in [2.24, 2.45) is 11.7 Å². The maximum absolute atomic E-state index is 12.6. The predicted octanol–water partition coefficient (Wildman–Crippen LogP) is 2.48. The molecule has 0 aromatic heterocycles. The molecule has 2 rings (SSSR count). The Hall–Kier alpha value is -1.59. The Kier molecular flexibility index (Phi) is 10.3. The number of benzene rings is 1. The maximum Gasteiger partial charge on any atom is 0.222 e. The Morgan fingerprint density at radius 3 is 2.38 bits per heavy atom. The number of piperidine rings is 1. The van der Waals surface area contributed by atoms with Crippen LogP contribution in [0.25, 0.3) is 0 Å². The van der Waals surface area contributed by atoms with Gasteiger partial charge in [0.1, 0.15) is 0 Å². The van der Waals surface area contributed by atoms with E-state index in [4.69, 9.17) is 5.73 Å². The molecule has 5 nitrogen and oxygen atoms in total. The SMILES string of the molecule is CC(=O)N1CCC(CCC(=O)N(CCN)CCc2ccccc2)CC1.Cl. The van der Waals surface area contributed by atoms with E-state index in [0.29, 0.717) is 25.4 Å². The van der Waals surface area contributed by atoms with Gasteiger partial charge in [0.05, 0.1) is 0 Å². The van der Waals surface area contributed by atoms with Gasteiger partial charge in [-0.2, -0.15) is 0 Å². The van der Waals surface area contributed by atoms with Crippen LogP contribution < -0.4 is 5.73 Å². The van der Waals surface area contributed by atoms with Gasteiger partial charge >= 0.3 is 0 Å². The summed E-state index contributed by atoms with van der Waals surface area (Å²) in [5.74, 6) is 0.910. The molecular formula is C20H32ClN3O2. The zero-order valence-corrected chi connectivity index (χ0v) is 16.5. The van der Waals surface area contributed by atoms with E-state index in [1.54, 1.807) is 6.92 Å². The van der Waals surface area contributed by atoms with Gasteiger partial charge in [-0.3, -0.25) is 9.59 Å². The van der Waals surface area contributed by atoms with Crippen LogP contribution in [0.2, 0.25) is 0 Å². The molecule has 26 heavy (non-hydrogen) atoms. The van der Waals surface area contributed by atoms with Crippen LogP contribution >= 0.6 is 12.4 Å². The molecule has 1 aromatic rings. The van der Waals surface area contributed by atoms with Crippen molar-refractivity contribution in [1.29, 1.82) is 0 Å². The summed E-state index contributed by atoms with van der Waals surface area (Å²) in [5.41, 5.74) is 6.93. The van der Waals surface area contributed by atoms with E-state index in [9.17, 15) is 9.59 Å². The van der Waals surface area contributed by atoms with Crippen LogP contribution in [0.15, 0.2) is 30.3 Å². The van der Waals surface area contributed by atoms with E-state index in [0.717, 1.165) is 45.3 Å². The third-order valence-electron chi connectivity index (χ3n) is 5.09. The molecule has 6 heteroatoms. The minimum absolute atomic E-state index is 0. The van der Waals surface area contributed by atoms with Crippen molar-refractivity contribution in [3.05, 3.63) is 35.9 Å². The number of hydrogen-bond donors (Lipinski definition) is 1. The Morgan fingerprint density at radius 1 is 1.15 bits per heavy atom. The second kappa shape index (κ2) is 11.9. The van der Waals surface area contributed by atoms with Gasteiger partial charge in [0, 0.05) is 46.1 Å². The molecule has 0 atom stereocenters. The van der Waals surface area contributed by atoms with Gasteiger partial charge < -0.3 is 15.5 Å². The largest absolute Gasteiger partial charge is 0.343 e. The van der Waals surface area contributed by atoms with Crippen LogP contribution in [0.4, 0.5) is 0 Å². The molecule has 1 saturated heterocycles. The number of rotatable bonds is 8. The topological polar surface area (TPSA) is 66.6 Å². The summed E-state index contributed by atoms with van der Waals surface area (Å²) < 4.78 is 0. The molecule has 2 amide bonds. The normalized spacial score (nSPS) is 14.6. The third-order valence-corrected chi connectivity index (χ3v) is 5.09. The second-order valence-electron chi connectivity index (χ2n) is 6.89. The van der Waals surface area contributed by atoms with E-state index in [-0.39, 0.29) is 24.2 Å². The Bertz CT molecular complexity index is 545. The van der Waals surface area contributed by atoms with E-state index >= 15 is 0 Å². The third kappa shape index (κ3) is 7.34. The molecule has 0 spiro atoms. The molecule has 1 fully saturated rings. The van der Waals surface area contributed by atoms with Gasteiger partial charge in [-0.15, -0.1) is 12.4 Å². The quantitative estimate of drug-likeness (QED) is 0.752. The smallest absolute Gasteiger partial charge is 0.222 e. The highest BCUT2D eigenvalue weighted by atomic mass is 35.5. The van der Waals surface area contributed by atoms with Gasteiger partial charge in [-0.25, -0.2) is 0 Å². The average molecular weight is 382 g/mol. The summed E-state index contributed by atoms with van der Waals surface area (Å²) in [6.07, 6.45) is 4.38. The lowest BCUT2D eigenvalue weighted by Gasteiger charge is -2.31. The molecule has 0 unspecified atom stereocenters. The summed E-state index contributed by atoms with van der Waals surface area (Å²) in [6.45, 7) is 5.12. The van der Waals surface area contributed by atoms with E-state index < -0.39 is 0 Å². The summed E-state index contributed by atoms with van der Waals surface area (Å²) in [5, 5.41) is 0. The minimum atomic E-state index is 0. The Morgan fingerprint density at radius 2 is 1.81 bits per heavy atom. The first kappa shape index (κ1) is 22.5. The molecule has 0 radical (unpaired) electrons. The first-order chi connectivity index (χ1) is 12.1. The van der Waals surface area contributed by atoms with Crippen LogP contribution in [0.3, 0.4) is 0 Å². The standard InChI is InChI=1S/C20H31N3O2.ClH/c1-17(24)22-13-9-19(10-14-22)7-8-20(25)23(16-12-21)15-11-18-5-3-2-4-6-18;/h2-6,19H,7-16,21H2,1H3;1H. The molecule has 1 aromatic carbocycles. The van der Waals surface area contributed by atoms with Crippen LogP contribution in [0.1, 0.15) is 38.2 Å². The van der Waals surface area contributed by atoms with E-state index in [1.165, 1.54) is 5.56 Å². The lowest BCUT2D eigenvalue weighted by molar-refractivity contribution is -0.132. The van der Waals surface area contributed by atoms with Crippen molar-refractivity contribution in [1.82, 2.24) is 9.80 Å². The summed E-state index contributed by atoms with van der Waals surface area (Å²) in [4.78, 5) is 27.8. The number of nitrogens with two attached hydrogens (primary N) is 1. The first-order valence-corrected chi connectivity index (χ1v) is 9.37. The summed E-state index contributed by atoms with van der Waals surface area (Å²) in [7, 11) is 0. The summed E-state index contributed by atoms with van der Waals surface area (Å²) in [6, 6.07) is 10.2. The molecule has 2 N–H and O–H groups in total. The van der Waals surface area contributed by atoms with Crippen molar-refractivity contribution in [2.75, 3.05) is 32.7 Å². The second-order valence-corrected chi connectivity index (χ2v) is 6.89. The van der Waals surface area contributed by atoms with Gasteiger partial charge in [0.15, 0.2) is 0 Å². The fraction of sp³-hybridized carbons (Fsp3) is 0.600. The average Bonchev–Trinajstić information content (AvgIpc) is 2.64. The van der Waals surface area contributed by atoms with Crippen LogP contribution in [0.5, 0.6) is 0 Å². The highest BCUT2D eigenvalue weighted by molar-refractivity contribution is 5.85. The van der Waals surface area contributed by atoms with Gasteiger partial charge in [-0.05, 0) is 37.2 Å². The van der Waals surface area contributed by atoms with Crippen molar-refractivity contribution in [3.8, 4) is 0 Å². The molecular weight excluding hydrogens is 350 g/mol. The lowest BCUT2D eigenvalue weighted by atomic mass is 9.92. The number of hydrogen-bond acceptors (Lipinski definition) is 3. The van der Waals surface area contributed by atoms with Crippen LogP contribution in [-0.4, -0.2) is 54.3 Å². The highest BCUT2D eigenvalue weighted by Gasteiger charge is 2.22.